The summed E-state index contributed by atoms with van der Waals surface area (Å²) in [6, 6.07) is 7.78. The van der Waals surface area contributed by atoms with Crippen molar-refractivity contribution in [1.29, 1.82) is 0 Å². The molecule has 6 nitrogen and oxygen atoms in total. The number of aromatic nitrogens is 2. The highest BCUT2D eigenvalue weighted by atomic mass is 16.2. The number of carbonyl (C=O) groups excluding carboxylic acids is 2. The van der Waals surface area contributed by atoms with Crippen molar-refractivity contribution in [3.8, 4) is 0 Å². The molecule has 0 spiro atoms. The number of carbonyl (C=O) groups is 2. The highest BCUT2D eigenvalue weighted by molar-refractivity contribution is 5.95. The molecule has 1 fully saturated rings. The van der Waals surface area contributed by atoms with E-state index in [9.17, 15) is 9.59 Å². The van der Waals surface area contributed by atoms with E-state index >= 15 is 0 Å². The van der Waals surface area contributed by atoms with Gasteiger partial charge in [-0.15, -0.1) is 0 Å². The van der Waals surface area contributed by atoms with Crippen LogP contribution in [-0.2, 0) is 12.8 Å². The number of nitrogens with one attached hydrogen (secondary N) is 2. The van der Waals surface area contributed by atoms with E-state index in [1.165, 1.54) is 0 Å². The van der Waals surface area contributed by atoms with Crippen molar-refractivity contribution >= 4 is 11.8 Å². The van der Waals surface area contributed by atoms with Gasteiger partial charge in [0.05, 0.1) is 0 Å². The van der Waals surface area contributed by atoms with Gasteiger partial charge in [-0.1, -0.05) is 17.7 Å². The topological polar surface area (TPSA) is 78.1 Å². The Balaban J connectivity index is 1.33. The van der Waals surface area contributed by atoms with Crippen LogP contribution >= 0.6 is 0 Å². The molecule has 2 aliphatic rings. The first-order valence-electron chi connectivity index (χ1n) is 9.85. The molecule has 0 atom stereocenters. The number of aryl methyl sites for hydroxylation is 2. The summed E-state index contributed by atoms with van der Waals surface area (Å²) in [7, 11) is 0. The largest absolute Gasteiger partial charge is 0.348 e. The van der Waals surface area contributed by atoms with Crippen LogP contribution in [0.2, 0.25) is 0 Å². The number of aromatic amines is 1. The van der Waals surface area contributed by atoms with E-state index in [0.717, 1.165) is 60.9 Å². The van der Waals surface area contributed by atoms with Gasteiger partial charge in [-0.25, -0.2) is 0 Å². The predicted octanol–water partition coefficient (Wildman–Crippen LogP) is 2.63. The minimum Gasteiger partial charge on any atom is -0.348 e. The van der Waals surface area contributed by atoms with Crippen LogP contribution in [0.25, 0.3) is 0 Å². The van der Waals surface area contributed by atoms with Gasteiger partial charge in [0.15, 0.2) is 5.69 Å². The number of amides is 2. The Kier molecular flexibility index (Phi) is 4.97. The van der Waals surface area contributed by atoms with Crippen LogP contribution in [0, 0.1) is 6.92 Å². The lowest BCUT2D eigenvalue weighted by Crippen LogP contribution is -2.46. The van der Waals surface area contributed by atoms with E-state index in [4.69, 9.17) is 0 Å². The molecule has 2 heterocycles. The van der Waals surface area contributed by atoms with Crippen LogP contribution in [0.3, 0.4) is 0 Å². The van der Waals surface area contributed by atoms with Crippen LogP contribution < -0.4 is 5.32 Å². The summed E-state index contributed by atoms with van der Waals surface area (Å²) >= 11 is 0. The summed E-state index contributed by atoms with van der Waals surface area (Å²) in [6.45, 7) is 3.34. The summed E-state index contributed by atoms with van der Waals surface area (Å²) in [4.78, 5) is 27.1. The lowest BCUT2D eigenvalue weighted by Gasteiger charge is -2.32. The average Bonchev–Trinajstić information content (AvgIpc) is 3.13. The lowest BCUT2D eigenvalue weighted by atomic mass is 9.95. The summed E-state index contributed by atoms with van der Waals surface area (Å²) in [5.41, 5.74) is 4.64. The Morgan fingerprint density at radius 2 is 1.81 bits per heavy atom. The van der Waals surface area contributed by atoms with E-state index in [0.29, 0.717) is 18.8 Å². The van der Waals surface area contributed by atoms with E-state index < -0.39 is 0 Å². The highest BCUT2D eigenvalue weighted by Crippen LogP contribution is 2.22. The molecule has 142 valence electrons. The predicted molar refractivity (Wildman–Crippen MR) is 103 cm³/mol. The fraction of sp³-hybridized carbons (Fsp3) is 0.476. The Hall–Kier alpha value is -2.63. The monoisotopic (exact) mass is 366 g/mol. The van der Waals surface area contributed by atoms with Gasteiger partial charge in [-0.05, 0) is 57.6 Å². The molecule has 0 radical (unpaired) electrons. The molecular weight excluding hydrogens is 340 g/mol. The molecule has 1 aromatic heterocycles. The molecule has 4 rings (SSSR count). The molecule has 2 amide bonds. The smallest absolute Gasteiger partial charge is 0.272 e. The Morgan fingerprint density at radius 1 is 1.11 bits per heavy atom. The summed E-state index contributed by atoms with van der Waals surface area (Å²) in [5.74, 6) is -0.0149. The highest BCUT2D eigenvalue weighted by Gasteiger charge is 2.27. The molecule has 1 aliphatic heterocycles. The van der Waals surface area contributed by atoms with Crippen LogP contribution in [-0.4, -0.2) is 46.0 Å². The number of benzene rings is 1. The van der Waals surface area contributed by atoms with Gasteiger partial charge >= 0.3 is 0 Å². The maximum absolute atomic E-state index is 12.6. The molecule has 6 heteroatoms. The van der Waals surface area contributed by atoms with Crippen molar-refractivity contribution in [1.82, 2.24) is 20.4 Å². The fourth-order valence-electron chi connectivity index (χ4n) is 4.03. The molecule has 1 aliphatic carbocycles. The van der Waals surface area contributed by atoms with Gasteiger partial charge in [-0.2, -0.15) is 5.10 Å². The molecular formula is C21H26N4O2. The third-order valence-corrected chi connectivity index (χ3v) is 5.69. The Morgan fingerprint density at radius 3 is 2.56 bits per heavy atom. The van der Waals surface area contributed by atoms with E-state index in [2.05, 4.69) is 15.5 Å². The summed E-state index contributed by atoms with van der Waals surface area (Å²) in [6.07, 6.45) is 5.73. The van der Waals surface area contributed by atoms with Crippen LogP contribution in [0.4, 0.5) is 0 Å². The van der Waals surface area contributed by atoms with E-state index in [1.807, 2.05) is 36.1 Å². The standard InChI is InChI=1S/C21H26N4O2/c1-14-6-8-15(9-7-14)21(27)25-12-10-16(11-13-25)22-20(26)19-17-4-2-3-5-18(17)23-24-19/h6-9,16H,2-5,10-13H2,1H3,(H,22,26)(H,23,24). The van der Waals surface area contributed by atoms with Gasteiger partial charge < -0.3 is 10.2 Å². The number of hydrogen-bond acceptors (Lipinski definition) is 3. The fourth-order valence-corrected chi connectivity index (χ4v) is 4.03. The quantitative estimate of drug-likeness (QED) is 0.877. The van der Waals surface area contributed by atoms with Crippen molar-refractivity contribution in [3.05, 3.63) is 52.3 Å². The number of hydrogen-bond donors (Lipinski definition) is 2. The number of H-pyrrole nitrogens is 1. The van der Waals surface area contributed by atoms with Crippen molar-refractivity contribution in [2.75, 3.05) is 13.1 Å². The van der Waals surface area contributed by atoms with Crippen LogP contribution in [0.15, 0.2) is 24.3 Å². The maximum Gasteiger partial charge on any atom is 0.272 e. The lowest BCUT2D eigenvalue weighted by molar-refractivity contribution is 0.0697. The first-order valence-corrected chi connectivity index (χ1v) is 9.85. The number of nitrogens with zero attached hydrogens (tertiary/aromatic N) is 2. The summed E-state index contributed by atoms with van der Waals surface area (Å²) < 4.78 is 0. The zero-order chi connectivity index (χ0) is 18.8. The minimum absolute atomic E-state index is 0.0705. The van der Waals surface area contributed by atoms with Crippen molar-refractivity contribution in [3.63, 3.8) is 0 Å². The molecule has 1 aromatic carbocycles. The van der Waals surface area contributed by atoms with Gasteiger partial charge in [0.25, 0.3) is 11.8 Å². The second-order valence-electron chi connectivity index (χ2n) is 7.64. The van der Waals surface area contributed by atoms with Gasteiger partial charge in [0.1, 0.15) is 0 Å². The number of piperidine rings is 1. The zero-order valence-corrected chi connectivity index (χ0v) is 15.8. The van der Waals surface area contributed by atoms with Gasteiger partial charge in [0.2, 0.25) is 0 Å². The summed E-state index contributed by atoms with van der Waals surface area (Å²) in [5, 5.41) is 10.4. The first-order chi connectivity index (χ1) is 13.1. The van der Waals surface area contributed by atoms with E-state index in [1.54, 1.807) is 0 Å². The minimum atomic E-state index is -0.0855. The molecule has 0 bridgehead atoms. The van der Waals surface area contributed by atoms with Gasteiger partial charge in [-0.3, -0.25) is 14.7 Å². The number of fused-ring (bicyclic) bond motifs is 1. The molecule has 2 aromatic rings. The molecule has 0 saturated carbocycles. The molecule has 2 N–H and O–H groups in total. The number of likely N-dealkylation sites (tertiary alicyclic amines) is 1. The molecule has 1 saturated heterocycles. The van der Waals surface area contributed by atoms with Gasteiger partial charge in [0, 0.05) is 36.0 Å². The molecule has 0 unspecified atom stereocenters. The van der Waals surface area contributed by atoms with Crippen molar-refractivity contribution in [2.24, 2.45) is 0 Å². The van der Waals surface area contributed by atoms with Crippen molar-refractivity contribution < 1.29 is 9.59 Å². The Labute approximate surface area is 159 Å². The maximum atomic E-state index is 12.6. The second-order valence-corrected chi connectivity index (χ2v) is 7.64. The molecule has 27 heavy (non-hydrogen) atoms. The SMILES string of the molecule is Cc1ccc(C(=O)N2CCC(NC(=O)c3n[nH]c4c3CCCC4)CC2)cc1. The van der Waals surface area contributed by atoms with Crippen LogP contribution in [0.5, 0.6) is 0 Å². The zero-order valence-electron chi connectivity index (χ0n) is 15.8. The van der Waals surface area contributed by atoms with E-state index in [-0.39, 0.29) is 17.9 Å². The average molecular weight is 366 g/mol. The number of rotatable bonds is 3. The second kappa shape index (κ2) is 7.55. The normalized spacial score (nSPS) is 17.4. The van der Waals surface area contributed by atoms with Crippen LogP contribution in [0.1, 0.15) is 63.4 Å². The third-order valence-electron chi connectivity index (χ3n) is 5.69. The first kappa shape index (κ1) is 17.8. The van der Waals surface area contributed by atoms with Crippen molar-refractivity contribution in [2.45, 2.75) is 51.5 Å². The Bertz CT molecular complexity index is 832. The third kappa shape index (κ3) is 3.75.